The molecule has 13 heteroatoms. The average Bonchev–Trinajstić information content (AvgIpc) is 2.93. The molecule has 4 N–H and O–H groups in total. The van der Waals surface area contributed by atoms with E-state index < -0.39 is 42.8 Å². The van der Waals surface area contributed by atoms with Gasteiger partial charge in [-0.3, -0.25) is 0 Å². The molecule has 0 spiro atoms. The summed E-state index contributed by atoms with van der Waals surface area (Å²) >= 11 is 0. The Morgan fingerprint density at radius 1 is 0.744 bits per heavy atom. The quantitative estimate of drug-likeness (QED) is 0.0699. The van der Waals surface area contributed by atoms with E-state index in [0.29, 0.717) is 29.8 Å². The van der Waals surface area contributed by atoms with Crippen molar-refractivity contribution >= 4 is 29.4 Å². The van der Waals surface area contributed by atoms with Gasteiger partial charge in [0.25, 0.3) is 0 Å². The van der Waals surface area contributed by atoms with Crippen molar-refractivity contribution in [3.63, 3.8) is 0 Å². The molecule has 43 heavy (non-hydrogen) atoms. The maximum absolute atomic E-state index is 14.6. The smallest absolute Gasteiger partial charge is 0.426 e. The number of halogens is 5. The van der Waals surface area contributed by atoms with Crippen LogP contribution in [0.1, 0.15) is 40.7 Å². The maximum atomic E-state index is 14.6. The lowest BCUT2D eigenvalue weighted by Gasteiger charge is -2.18. The average molecular weight is 609 g/mol. The number of alkyl halides is 5. The molecule has 0 aliphatic rings. The van der Waals surface area contributed by atoms with Gasteiger partial charge in [0.05, 0.1) is 37.4 Å². The van der Waals surface area contributed by atoms with Gasteiger partial charge in [0.2, 0.25) is 0 Å². The van der Waals surface area contributed by atoms with Crippen LogP contribution in [0, 0.1) is 0 Å². The molecule has 0 fully saturated rings. The minimum absolute atomic E-state index is 0.0143. The Kier molecular flexibility index (Phi) is 11.3. The second-order valence-corrected chi connectivity index (χ2v) is 9.16. The predicted octanol–water partition coefficient (Wildman–Crippen LogP) is 6.50. The zero-order valence-electron chi connectivity index (χ0n) is 22.7. The first-order valence-corrected chi connectivity index (χ1v) is 13.0. The van der Waals surface area contributed by atoms with E-state index in [1.807, 2.05) is 0 Å². The number of ether oxygens (including phenoxy) is 4. The highest BCUT2D eigenvalue weighted by molar-refractivity contribution is 5.91. The fourth-order valence-corrected chi connectivity index (χ4v) is 3.52. The van der Waals surface area contributed by atoms with Crippen LogP contribution in [-0.4, -0.2) is 37.9 Å². The number of hydrogen-bond donors (Lipinski definition) is 2. The number of rotatable bonds is 14. The first kappa shape index (κ1) is 32.7. The molecule has 3 aromatic carbocycles. The van der Waals surface area contributed by atoms with Gasteiger partial charge in [-0.15, -0.1) is 0 Å². The summed E-state index contributed by atoms with van der Waals surface area (Å²) in [5.41, 5.74) is 12.2. The number of esters is 2. The van der Waals surface area contributed by atoms with Gasteiger partial charge >= 0.3 is 24.2 Å². The Hall–Kier alpha value is -4.81. The van der Waals surface area contributed by atoms with E-state index in [4.69, 9.17) is 30.4 Å². The summed E-state index contributed by atoms with van der Waals surface area (Å²) in [5.74, 6) is -1.33. The summed E-state index contributed by atoms with van der Waals surface area (Å²) in [4.78, 5) is 24.0. The molecule has 0 radical (unpaired) electrons. The third-order valence-corrected chi connectivity index (χ3v) is 5.61. The fourth-order valence-electron chi connectivity index (χ4n) is 3.52. The Morgan fingerprint density at radius 3 is 1.93 bits per heavy atom. The number of unbranched alkanes of at least 4 members (excludes halogenated alkanes) is 1. The van der Waals surface area contributed by atoms with Crippen LogP contribution in [0.4, 0.5) is 33.3 Å². The van der Waals surface area contributed by atoms with Crippen molar-refractivity contribution in [2.24, 2.45) is 0 Å². The minimum Gasteiger partial charge on any atom is -0.493 e. The van der Waals surface area contributed by atoms with E-state index in [0.717, 1.165) is 24.3 Å². The second-order valence-electron chi connectivity index (χ2n) is 9.16. The molecule has 0 aliphatic carbocycles. The first-order valence-electron chi connectivity index (χ1n) is 13.0. The van der Waals surface area contributed by atoms with Gasteiger partial charge in [0.1, 0.15) is 11.5 Å². The molecule has 0 heterocycles. The van der Waals surface area contributed by atoms with Crippen molar-refractivity contribution < 1.29 is 50.5 Å². The molecule has 0 amide bonds. The van der Waals surface area contributed by atoms with E-state index in [2.05, 4.69) is 0 Å². The van der Waals surface area contributed by atoms with E-state index in [1.54, 1.807) is 0 Å². The lowest BCUT2D eigenvalue weighted by atomic mass is 10.2. The van der Waals surface area contributed by atoms with Gasteiger partial charge in [-0.05, 0) is 79.1 Å². The van der Waals surface area contributed by atoms with Crippen LogP contribution < -0.4 is 20.9 Å². The lowest BCUT2D eigenvalue weighted by Crippen LogP contribution is -2.21. The van der Waals surface area contributed by atoms with Crippen LogP contribution in [0.3, 0.4) is 0 Å². The molecule has 0 saturated heterocycles. The van der Waals surface area contributed by atoms with Gasteiger partial charge in [-0.2, -0.15) is 22.0 Å². The number of benzene rings is 3. The molecule has 0 aliphatic heterocycles. The van der Waals surface area contributed by atoms with E-state index in [-0.39, 0.29) is 30.3 Å². The molecule has 0 bridgehead atoms. The van der Waals surface area contributed by atoms with E-state index >= 15 is 0 Å². The van der Waals surface area contributed by atoms with Crippen molar-refractivity contribution in [1.82, 2.24) is 0 Å². The molecule has 0 saturated carbocycles. The van der Waals surface area contributed by atoms with Crippen molar-refractivity contribution in [2.75, 3.05) is 31.3 Å². The van der Waals surface area contributed by atoms with Crippen LogP contribution >= 0.6 is 0 Å². The summed E-state index contributed by atoms with van der Waals surface area (Å²) in [6.07, 6.45) is -5.77. The largest absolute Gasteiger partial charge is 0.493 e. The summed E-state index contributed by atoms with van der Waals surface area (Å²) < 4.78 is 85.7. The normalized spacial score (nSPS) is 11.7. The first-order chi connectivity index (χ1) is 20.3. The maximum Gasteiger partial charge on any atom is 0.426 e. The number of carbonyl (C=O) groups is 2. The lowest BCUT2D eigenvalue weighted by molar-refractivity contribution is -0.185. The molecular weight excluding hydrogens is 579 g/mol. The summed E-state index contributed by atoms with van der Waals surface area (Å²) in [5, 5.41) is 0. The molecular formula is C30H29F5N2O6. The number of nitrogens with two attached hydrogens (primary N) is 2. The van der Waals surface area contributed by atoms with Gasteiger partial charge in [-0.25, -0.2) is 9.59 Å². The van der Waals surface area contributed by atoms with Gasteiger partial charge in [-0.1, -0.05) is 12.1 Å². The molecule has 0 unspecified atom stereocenters. The molecule has 0 atom stereocenters. The van der Waals surface area contributed by atoms with E-state index in [9.17, 15) is 31.5 Å². The topological polar surface area (TPSA) is 123 Å². The predicted molar refractivity (Wildman–Crippen MR) is 148 cm³/mol. The number of nitrogen functional groups attached to an aromatic ring is 2. The van der Waals surface area contributed by atoms with Gasteiger partial charge in [0, 0.05) is 17.5 Å². The summed E-state index contributed by atoms with van der Waals surface area (Å²) in [6.45, 7) is -0.427. The second kappa shape index (κ2) is 14.9. The van der Waals surface area contributed by atoms with Crippen LogP contribution in [-0.2, 0) is 20.4 Å². The molecule has 0 aromatic heterocycles. The zero-order chi connectivity index (χ0) is 31.5. The Labute approximate surface area is 244 Å². The Bertz CT molecular complexity index is 1370. The standard InChI is InChI=1S/C30H29F5N2O6/c31-29(32,33)13-16-40-25-10-6-22(7-11-25)30(34,35)43-26-8-3-20(4-9-26)5-12-27(38)41-14-1-2-15-42-28(39)21-17-23(36)19-24(37)18-21/h3-12,17-19H,1-2,13-16,36-37H2. The fraction of sp³-hybridized carbons (Fsp3) is 0.267. The third kappa shape index (κ3) is 11.5. The van der Waals surface area contributed by atoms with Crippen LogP contribution in [0.5, 0.6) is 11.5 Å². The van der Waals surface area contributed by atoms with Crippen molar-refractivity contribution in [3.8, 4) is 11.5 Å². The molecule has 3 rings (SSSR count). The van der Waals surface area contributed by atoms with Gasteiger partial charge < -0.3 is 30.4 Å². The van der Waals surface area contributed by atoms with Crippen LogP contribution in [0.15, 0.2) is 72.8 Å². The van der Waals surface area contributed by atoms with Crippen molar-refractivity contribution in [3.05, 3.63) is 89.5 Å². The number of hydrogen-bond acceptors (Lipinski definition) is 8. The summed E-state index contributed by atoms with van der Waals surface area (Å²) in [6, 6.07) is 14.2. The SMILES string of the molecule is Nc1cc(N)cc(C(=O)OCCCCOC(=O)C=Cc2ccc(OC(F)(F)c3ccc(OCCC(F)(F)F)cc3)cc2)c1. The van der Waals surface area contributed by atoms with Crippen LogP contribution in [0.2, 0.25) is 0 Å². The Balaban J connectivity index is 1.37. The van der Waals surface area contributed by atoms with Gasteiger partial charge in [0.15, 0.2) is 0 Å². The summed E-state index contributed by atoms with van der Waals surface area (Å²) in [7, 11) is 0. The van der Waals surface area contributed by atoms with Crippen LogP contribution in [0.25, 0.3) is 6.08 Å². The van der Waals surface area contributed by atoms with Crippen molar-refractivity contribution in [1.29, 1.82) is 0 Å². The Morgan fingerprint density at radius 2 is 1.33 bits per heavy atom. The third-order valence-electron chi connectivity index (χ3n) is 5.61. The number of carbonyl (C=O) groups excluding carboxylic acids is 2. The minimum atomic E-state index is -4.38. The molecule has 8 nitrogen and oxygen atoms in total. The van der Waals surface area contributed by atoms with E-state index in [1.165, 1.54) is 54.6 Å². The van der Waals surface area contributed by atoms with Crippen molar-refractivity contribution in [2.45, 2.75) is 31.5 Å². The molecule has 230 valence electrons. The highest BCUT2D eigenvalue weighted by atomic mass is 19.4. The zero-order valence-corrected chi connectivity index (χ0v) is 22.7. The molecule has 3 aromatic rings. The monoisotopic (exact) mass is 608 g/mol. The highest BCUT2D eigenvalue weighted by Gasteiger charge is 2.34. The highest BCUT2D eigenvalue weighted by Crippen LogP contribution is 2.33. The number of anilines is 2.